The number of halogens is 1. The number of rotatable bonds is 3. The van der Waals surface area contributed by atoms with Crippen LogP contribution in [0.15, 0.2) is 18.2 Å². The predicted molar refractivity (Wildman–Crippen MR) is 47.2 cm³/mol. The predicted octanol–water partition coefficient (Wildman–Crippen LogP) is 1.01. The fourth-order valence-electron chi connectivity index (χ4n) is 1.12. The topological polar surface area (TPSA) is 83.6 Å². The van der Waals surface area contributed by atoms with Gasteiger partial charge in [-0.3, -0.25) is 4.79 Å². The van der Waals surface area contributed by atoms with Crippen molar-refractivity contribution in [3.8, 4) is 5.75 Å². The smallest absolute Gasteiger partial charge is 0.305 e. The Kier molecular flexibility index (Phi) is 3.03. The zero-order valence-electron chi connectivity index (χ0n) is 7.27. The van der Waals surface area contributed by atoms with Crippen LogP contribution in [0.5, 0.6) is 5.75 Å². The summed E-state index contributed by atoms with van der Waals surface area (Å²) in [4.78, 5) is 10.3. The third-order valence-corrected chi connectivity index (χ3v) is 1.78. The van der Waals surface area contributed by atoms with E-state index in [4.69, 9.17) is 10.8 Å². The number of hydrogen-bond donors (Lipinski definition) is 3. The average Bonchev–Trinajstić information content (AvgIpc) is 2.08. The Bertz CT molecular complexity index is 354. The Morgan fingerprint density at radius 1 is 1.57 bits per heavy atom. The molecule has 1 atom stereocenters. The van der Waals surface area contributed by atoms with Gasteiger partial charge in [-0.25, -0.2) is 4.39 Å². The number of phenolic OH excluding ortho intramolecular Hbond substituents is 1. The van der Waals surface area contributed by atoms with Crippen LogP contribution in [0.2, 0.25) is 0 Å². The molecule has 14 heavy (non-hydrogen) atoms. The zero-order valence-corrected chi connectivity index (χ0v) is 7.27. The van der Waals surface area contributed by atoms with Gasteiger partial charge in [-0.1, -0.05) is 0 Å². The van der Waals surface area contributed by atoms with Gasteiger partial charge in [0.25, 0.3) is 0 Å². The molecular weight excluding hydrogens is 189 g/mol. The number of hydrogen-bond acceptors (Lipinski definition) is 3. The summed E-state index contributed by atoms with van der Waals surface area (Å²) in [5.74, 6) is -1.85. The maximum atomic E-state index is 12.7. The lowest BCUT2D eigenvalue weighted by molar-refractivity contribution is -0.137. The molecule has 0 aliphatic carbocycles. The monoisotopic (exact) mass is 199 g/mol. The molecule has 0 amide bonds. The highest BCUT2D eigenvalue weighted by atomic mass is 19.1. The van der Waals surface area contributed by atoms with Gasteiger partial charge in [0.2, 0.25) is 0 Å². The van der Waals surface area contributed by atoms with Crippen LogP contribution in [-0.4, -0.2) is 16.2 Å². The minimum absolute atomic E-state index is 0.104. The molecule has 0 saturated heterocycles. The van der Waals surface area contributed by atoms with E-state index in [1.54, 1.807) is 0 Å². The minimum Gasteiger partial charge on any atom is -0.508 e. The molecule has 5 heteroatoms. The van der Waals surface area contributed by atoms with Crippen LogP contribution >= 0.6 is 0 Å². The van der Waals surface area contributed by atoms with Crippen molar-refractivity contribution in [1.82, 2.24) is 0 Å². The lowest BCUT2D eigenvalue weighted by atomic mass is 10.0. The second kappa shape index (κ2) is 4.06. The molecule has 1 aromatic carbocycles. The van der Waals surface area contributed by atoms with Gasteiger partial charge >= 0.3 is 5.97 Å². The first-order valence-corrected chi connectivity index (χ1v) is 3.96. The van der Waals surface area contributed by atoms with Crippen molar-refractivity contribution in [1.29, 1.82) is 0 Å². The molecule has 0 bridgehead atoms. The van der Waals surface area contributed by atoms with Crippen LogP contribution in [0.4, 0.5) is 4.39 Å². The number of carboxylic acid groups (broad SMARTS) is 1. The lowest BCUT2D eigenvalue weighted by Crippen LogP contribution is -2.15. The van der Waals surface area contributed by atoms with Gasteiger partial charge in [0.1, 0.15) is 11.6 Å². The highest BCUT2D eigenvalue weighted by molar-refractivity contribution is 5.68. The molecule has 0 heterocycles. The van der Waals surface area contributed by atoms with Gasteiger partial charge in [-0.05, 0) is 18.2 Å². The number of nitrogens with two attached hydrogens (primary N) is 1. The second-order valence-corrected chi connectivity index (χ2v) is 2.91. The first kappa shape index (κ1) is 10.5. The summed E-state index contributed by atoms with van der Waals surface area (Å²) in [6.45, 7) is 0. The molecule has 1 aromatic rings. The van der Waals surface area contributed by atoms with Crippen LogP contribution < -0.4 is 5.73 Å². The van der Waals surface area contributed by atoms with Crippen LogP contribution in [-0.2, 0) is 4.79 Å². The first-order chi connectivity index (χ1) is 6.50. The van der Waals surface area contributed by atoms with E-state index in [9.17, 15) is 14.3 Å². The van der Waals surface area contributed by atoms with Crippen molar-refractivity contribution in [3.05, 3.63) is 29.6 Å². The summed E-state index contributed by atoms with van der Waals surface area (Å²) in [7, 11) is 0. The Hall–Kier alpha value is -1.62. The molecule has 0 unspecified atom stereocenters. The molecule has 0 radical (unpaired) electrons. The lowest BCUT2D eigenvalue weighted by Gasteiger charge is -2.10. The Morgan fingerprint density at radius 2 is 2.21 bits per heavy atom. The molecule has 0 fully saturated rings. The quantitative estimate of drug-likeness (QED) is 0.678. The molecule has 1 rings (SSSR count). The molecule has 76 valence electrons. The van der Waals surface area contributed by atoms with E-state index < -0.39 is 17.8 Å². The van der Waals surface area contributed by atoms with Crippen molar-refractivity contribution < 1.29 is 19.4 Å². The third kappa shape index (κ3) is 2.43. The van der Waals surface area contributed by atoms with E-state index in [0.29, 0.717) is 0 Å². The standard InChI is InChI=1S/C9H10FNO3/c10-5-1-2-8(12)6(3-5)7(11)4-9(13)14/h1-3,7,12H,4,11H2,(H,13,14)/t7-/m0/s1. The number of phenols is 1. The van der Waals surface area contributed by atoms with Gasteiger partial charge < -0.3 is 15.9 Å². The van der Waals surface area contributed by atoms with E-state index in [1.807, 2.05) is 0 Å². The molecule has 0 aliphatic rings. The summed E-state index contributed by atoms with van der Waals surface area (Å²) in [5, 5.41) is 17.7. The molecule has 0 spiro atoms. The molecule has 4 nitrogen and oxygen atoms in total. The number of benzene rings is 1. The third-order valence-electron chi connectivity index (χ3n) is 1.78. The van der Waals surface area contributed by atoms with Gasteiger partial charge in [-0.2, -0.15) is 0 Å². The van der Waals surface area contributed by atoms with E-state index in [2.05, 4.69) is 0 Å². The number of carbonyl (C=O) groups is 1. The maximum Gasteiger partial charge on any atom is 0.305 e. The second-order valence-electron chi connectivity index (χ2n) is 2.91. The highest BCUT2D eigenvalue weighted by Crippen LogP contribution is 2.25. The highest BCUT2D eigenvalue weighted by Gasteiger charge is 2.14. The van der Waals surface area contributed by atoms with Crippen LogP contribution in [0.3, 0.4) is 0 Å². The van der Waals surface area contributed by atoms with Crippen molar-refractivity contribution in [2.75, 3.05) is 0 Å². The summed E-state index contributed by atoms with van der Waals surface area (Å²) in [6, 6.07) is 2.35. The van der Waals surface area contributed by atoms with Gasteiger partial charge in [0.15, 0.2) is 0 Å². The SMILES string of the molecule is N[C@@H](CC(=O)O)c1cc(F)ccc1O. The summed E-state index contributed by atoms with van der Waals surface area (Å²) >= 11 is 0. The van der Waals surface area contributed by atoms with Crippen LogP contribution in [0.25, 0.3) is 0 Å². The van der Waals surface area contributed by atoms with E-state index >= 15 is 0 Å². The Labute approximate surface area is 79.8 Å². The first-order valence-electron chi connectivity index (χ1n) is 3.96. The number of aliphatic carboxylic acids is 1. The molecule has 4 N–H and O–H groups in total. The maximum absolute atomic E-state index is 12.7. The average molecular weight is 199 g/mol. The fourth-order valence-corrected chi connectivity index (χ4v) is 1.12. The van der Waals surface area contributed by atoms with Crippen molar-refractivity contribution >= 4 is 5.97 Å². The Balaban J connectivity index is 2.93. The van der Waals surface area contributed by atoms with Crippen molar-refractivity contribution in [3.63, 3.8) is 0 Å². The van der Waals surface area contributed by atoms with Gasteiger partial charge in [0.05, 0.1) is 6.42 Å². The zero-order chi connectivity index (χ0) is 10.7. The van der Waals surface area contributed by atoms with E-state index in [-0.39, 0.29) is 17.7 Å². The Morgan fingerprint density at radius 3 is 2.79 bits per heavy atom. The largest absolute Gasteiger partial charge is 0.508 e. The van der Waals surface area contributed by atoms with Gasteiger partial charge in [-0.15, -0.1) is 0 Å². The molecule has 0 saturated carbocycles. The summed E-state index contributed by atoms with van der Waals surface area (Å²) < 4.78 is 12.7. The molecular formula is C9H10FNO3. The summed E-state index contributed by atoms with van der Waals surface area (Å²) in [5.41, 5.74) is 5.56. The fraction of sp³-hybridized carbons (Fsp3) is 0.222. The number of carboxylic acids is 1. The number of aromatic hydroxyl groups is 1. The van der Waals surface area contributed by atoms with E-state index in [1.165, 1.54) is 0 Å². The molecule has 0 aliphatic heterocycles. The molecule has 0 aromatic heterocycles. The van der Waals surface area contributed by atoms with Gasteiger partial charge in [0, 0.05) is 11.6 Å². The normalized spacial score (nSPS) is 12.4. The van der Waals surface area contributed by atoms with Crippen molar-refractivity contribution in [2.24, 2.45) is 5.73 Å². The van der Waals surface area contributed by atoms with Crippen LogP contribution in [0, 0.1) is 5.82 Å². The van der Waals surface area contributed by atoms with E-state index in [0.717, 1.165) is 18.2 Å². The van der Waals surface area contributed by atoms with Crippen LogP contribution in [0.1, 0.15) is 18.0 Å². The minimum atomic E-state index is -1.10. The summed E-state index contributed by atoms with van der Waals surface area (Å²) in [6.07, 6.45) is -0.350. The van der Waals surface area contributed by atoms with Crippen molar-refractivity contribution in [2.45, 2.75) is 12.5 Å².